The van der Waals surface area contributed by atoms with Gasteiger partial charge in [0.05, 0.1) is 17.6 Å². The fourth-order valence-corrected chi connectivity index (χ4v) is 2.85. The Kier molecular flexibility index (Phi) is 4.43. The summed E-state index contributed by atoms with van der Waals surface area (Å²) in [6, 6.07) is 2.63. The maximum atomic E-state index is 11.0. The summed E-state index contributed by atoms with van der Waals surface area (Å²) in [6.45, 7) is -0.559. The summed E-state index contributed by atoms with van der Waals surface area (Å²) in [5.41, 5.74) is 0.226. The van der Waals surface area contributed by atoms with Gasteiger partial charge < -0.3 is 25.2 Å². The van der Waals surface area contributed by atoms with Gasteiger partial charge in [-0.25, -0.2) is 4.63 Å². The SMILES string of the molecule is O=[N+]([O-])c1ccc(CC2C(O)OC(CO)[C@H](O)[C@@H]2O)c2nonc12. The highest BCUT2D eigenvalue weighted by Gasteiger charge is 2.43. The predicted molar refractivity (Wildman–Crippen MR) is 75.6 cm³/mol. The molecule has 1 aliphatic heterocycles. The number of aliphatic hydroxyl groups excluding tert-OH is 4. The molecule has 24 heavy (non-hydrogen) atoms. The van der Waals surface area contributed by atoms with Gasteiger partial charge in [-0.2, -0.15) is 0 Å². The third-order valence-corrected chi connectivity index (χ3v) is 4.16. The molecule has 130 valence electrons. The third-order valence-electron chi connectivity index (χ3n) is 4.16. The van der Waals surface area contributed by atoms with E-state index in [1.807, 2.05) is 0 Å². The molecule has 2 heterocycles. The van der Waals surface area contributed by atoms with Crippen molar-refractivity contribution in [1.29, 1.82) is 0 Å². The Morgan fingerprint density at radius 1 is 1.17 bits per heavy atom. The van der Waals surface area contributed by atoms with Crippen LogP contribution in [0.5, 0.6) is 0 Å². The lowest BCUT2D eigenvalue weighted by molar-refractivity contribution is -0.383. The number of aromatic nitrogens is 2. The number of nitrogens with zero attached hydrogens (tertiary/aromatic N) is 3. The van der Waals surface area contributed by atoms with Gasteiger partial charge in [0.2, 0.25) is 5.52 Å². The maximum absolute atomic E-state index is 11.0. The lowest BCUT2D eigenvalue weighted by Gasteiger charge is -2.40. The van der Waals surface area contributed by atoms with Crippen LogP contribution in [0.1, 0.15) is 5.56 Å². The molecule has 0 spiro atoms. The molecule has 3 rings (SSSR count). The summed E-state index contributed by atoms with van der Waals surface area (Å²) in [7, 11) is 0. The summed E-state index contributed by atoms with van der Waals surface area (Å²) in [6.07, 6.45) is -5.29. The molecule has 0 aliphatic carbocycles. The second-order valence-electron chi connectivity index (χ2n) is 5.56. The number of rotatable bonds is 4. The van der Waals surface area contributed by atoms with Gasteiger partial charge in [0.15, 0.2) is 6.29 Å². The van der Waals surface area contributed by atoms with Crippen molar-refractivity contribution in [1.82, 2.24) is 10.3 Å². The van der Waals surface area contributed by atoms with Crippen molar-refractivity contribution in [2.45, 2.75) is 31.0 Å². The Bertz CT molecular complexity index is 750. The molecule has 1 fully saturated rings. The largest absolute Gasteiger partial charge is 0.394 e. The summed E-state index contributed by atoms with van der Waals surface area (Å²) in [5.74, 6) is -0.927. The maximum Gasteiger partial charge on any atom is 0.300 e. The van der Waals surface area contributed by atoms with E-state index in [0.717, 1.165) is 0 Å². The van der Waals surface area contributed by atoms with E-state index >= 15 is 0 Å². The molecular weight excluding hydrogens is 326 g/mol. The second-order valence-corrected chi connectivity index (χ2v) is 5.56. The molecule has 1 aromatic carbocycles. The number of nitro benzene ring substituents is 1. The van der Waals surface area contributed by atoms with Gasteiger partial charge in [-0.15, -0.1) is 0 Å². The van der Waals surface area contributed by atoms with Crippen molar-refractivity contribution in [3.8, 4) is 0 Å². The second kappa shape index (κ2) is 6.37. The van der Waals surface area contributed by atoms with E-state index in [0.29, 0.717) is 5.56 Å². The number of fused-ring (bicyclic) bond motifs is 1. The van der Waals surface area contributed by atoms with E-state index in [1.165, 1.54) is 12.1 Å². The Balaban J connectivity index is 1.91. The monoisotopic (exact) mass is 341 g/mol. The van der Waals surface area contributed by atoms with Crippen LogP contribution in [0.3, 0.4) is 0 Å². The standard InChI is InChI=1S/C13H15N3O8/c17-4-8-12(19)11(18)6(13(20)23-8)3-5-1-2-7(16(21)22)10-9(5)14-24-15-10/h1-2,6,8,11-13,17-20H,3-4H2/t6?,8?,11-,12+,13?/m1/s1. The smallest absolute Gasteiger partial charge is 0.300 e. The Morgan fingerprint density at radius 3 is 2.54 bits per heavy atom. The lowest BCUT2D eigenvalue weighted by Crippen LogP contribution is -2.56. The minimum Gasteiger partial charge on any atom is -0.394 e. The summed E-state index contributed by atoms with van der Waals surface area (Å²) in [4.78, 5) is 10.3. The molecule has 0 saturated carbocycles. The number of nitro groups is 1. The molecule has 11 heteroatoms. The molecule has 0 amide bonds. The number of aliphatic hydroxyl groups is 4. The first-order valence-electron chi connectivity index (χ1n) is 7.13. The Labute approximate surface area is 134 Å². The van der Waals surface area contributed by atoms with E-state index in [9.17, 15) is 25.4 Å². The normalized spacial score (nSPS) is 30.6. The van der Waals surface area contributed by atoms with Crippen molar-refractivity contribution >= 4 is 16.7 Å². The van der Waals surface area contributed by atoms with Gasteiger partial charge in [0.25, 0.3) is 0 Å². The van der Waals surface area contributed by atoms with Crippen LogP contribution in [0, 0.1) is 16.0 Å². The highest BCUT2D eigenvalue weighted by Crippen LogP contribution is 2.32. The molecule has 0 bridgehead atoms. The van der Waals surface area contributed by atoms with Crippen LogP contribution in [-0.4, -0.2) is 66.9 Å². The molecule has 1 saturated heterocycles. The average molecular weight is 341 g/mol. The predicted octanol–water partition coefficient (Wildman–Crippen LogP) is -1.28. The van der Waals surface area contributed by atoms with Crippen LogP contribution < -0.4 is 0 Å². The number of non-ortho nitro benzene ring substituents is 1. The van der Waals surface area contributed by atoms with Gasteiger partial charge in [-0.05, 0) is 28.4 Å². The van der Waals surface area contributed by atoms with Crippen LogP contribution in [-0.2, 0) is 11.2 Å². The van der Waals surface area contributed by atoms with Crippen LogP contribution in [0.15, 0.2) is 16.8 Å². The Morgan fingerprint density at radius 2 is 1.88 bits per heavy atom. The number of hydrogen-bond acceptors (Lipinski definition) is 10. The minimum absolute atomic E-state index is 0.000248. The average Bonchev–Trinajstić information content (AvgIpc) is 3.04. The van der Waals surface area contributed by atoms with Crippen molar-refractivity contribution in [2.75, 3.05) is 6.61 Å². The molecule has 3 unspecified atom stereocenters. The first kappa shape index (κ1) is 16.7. The molecule has 5 atom stereocenters. The number of hydrogen-bond donors (Lipinski definition) is 4. The van der Waals surface area contributed by atoms with Crippen LogP contribution in [0.25, 0.3) is 11.0 Å². The zero-order chi connectivity index (χ0) is 17.4. The summed E-state index contributed by atoms with van der Waals surface area (Å²) >= 11 is 0. The molecular formula is C13H15N3O8. The van der Waals surface area contributed by atoms with E-state index in [2.05, 4.69) is 14.9 Å². The zero-order valence-corrected chi connectivity index (χ0v) is 12.2. The lowest BCUT2D eigenvalue weighted by atomic mass is 9.86. The van der Waals surface area contributed by atoms with E-state index in [-0.39, 0.29) is 23.1 Å². The van der Waals surface area contributed by atoms with Gasteiger partial charge in [0.1, 0.15) is 17.7 Å². The van der Waals surface area contributed by atoms with Crippen molar-refractivity contribution in [2.24, 2.45) is 5.92 Å². The van der Waals surface area contributed by atoms with Crippen molar-refractivity contribution in [3.63, 3.8) is 0 Å². The molecule has 0 radical (unpaired) electrons. The summed E-state index contributed by atoms with van der Waals surface area (Å²) < 4.78 is 9.64. The Hall–Kier alpha value is -2.18. The molecule has 1 aliphatic rings. The molecule has 11 nitrogen and oxygen atoms in total. The van der Waals surface area contributed by atoms with Crippen LogP contribution in [0.2, 0.25) is 0 Å². The van der Waals surface area contributed by atoms with Gasteiger partial charge in [0, 0.05) is 12.0 Å². The number of ether oxygens (including phenoxy) is 1. The van der Waals surface area contributed by atoms with Gasteiger partial charge >= 0.3 is 5.69 Å². The van der Waals surface area contributed by atoms with Gasteiger partial charge in [-0.1, -0.05) is 0 Å². The molecule has 1 aromatic heterocycles. The summed E-state index contributed by atoms with van der Waals surface area (Å²) in [5, 5.41) is 57.3. The first-order chi connectivity index (χ1) is 11.4. The zero-order valence-electron chi connectivity index (χ0n) is 12.2. The quantitative estimate of drug-likeness (QED) is 0.387. The number of benzene rings is 1. The van der Waals surface area contributed by atoms with Crippen molar-refractivity contribution < 1.29 is 34.7 Å². The van der Waals surface area contributed by atoms with Crippen LogP contribution >= 0.6 is 0 Å². The minimum atomic E-state index is -1.44. The fourth-order valence-electron chi connectivity index (χ4n) is 2.85. The first-order valence-corrected chi connectivity index (χ1v) is 7.13. The van der Waals surface area contributed by atoms with E-state index in [1.54, 1.807) is 0 Å². The van der Waals surface area contributed by atoms with Gasteiger partial charge in [-0.3, -0.25) is 10.1 Å². The van der Waals surface area contributed by atoms with Crippen LogP contribution in [0.4, 0.5) is 5.69 Å². The molecule has 4 N–H and O–H groups in total. The fraction of sp³-hybridized carbons (Fsp3) is 0.538. The third kappa shape index (κ3) is 2.72. The topological polar surface area (TPSA) is 172 Å². The van der Waals surface area contributed by atoms with E-state index < -0.39 is 42.1 Å². The van der Waals surface area contributed by atoms with E-state index in [4.69, 9.17) is 9.84 Å². The molecule has 2 aromatic rings. The van der Waals surface area contributed by atoms with Crippen molar-refractivity contribution in [3.05, 3.63) is 27.8 Å². The highest BCUT2D eigenvalue weighted by atomic mass is 16.6. The highest BCUT2D eigenvalue weighted by molar-refractivity contribution is 5.85.